The van der Waals surface area contributed by atoms with Crippen molar-refractivity contribution in [2.75, 3.05) is 11.9 Å². The molecule has 7 heteroatoms. The minimum atomic E-state index is -1.64. The molecular weight excluding hydrogens is 314 g/mol. The summed E-state index contributed by atoms with van der Waals surface area (Å²) in [5, 5.41) is 1.91. The topological polar surface area (TPSA) is 38.3 Å². The fraction of sp³-hybridized carbons (Fsp3) is 0.188. The molecule has 2 aromatic carbocycles. The molecule has 1 N–H and O–H groups in total. The van der Waals surface area contributed by atoms with Crippen molar-refractivity contribution in [2.45, 2.75) is 6.42 Å². The SMILES string of the molecule is O=C(Nc1c(F)c(F)cc(F)c1F)[C@@H]1COc2ccccc2C1. The molecule has 0 unspecified atom stereocenters. The molecule has 0 spiro atoms. The molecule has 0 aliphatic carbocycles. The van der Waals surface area contributed by atoms with E-state index in [0.29, 0.717) is 12.2 Å². The number of hydrogen-bond acceptors (Lipinski definition) is 2. The first-order valence-electron chi connectivity index (χ1n) is 6.82. The Labute approximate surface area is 128 Å². The van der Waals surface area contributed by atoms with Crippen LogP contribution in [0.4, 0.5) is 23.2 Å². The number of amides is 1. The van der Waals surface area contributed by atoms with E-state index in [2.05, 4.69) is 0 Å². The van der Waals surface area contributed by atoms with Gasteiger partial charge >= 0.3 is 0 Å². The van der Waals surface area contributed by atoms with Crippen molar-refractivity contribution >= 4 is 11.6 Å². The van der Waals surface area contributed by atoms with Gasteiger partial charge < -0.3 is 10.1 Å². The Hall–Kier alpha value is -2.57. The Morgan fingerprint density at radius 3 is 2.43 bits per heavy atom. The molecule has 0 fully saturated rings. The van der Waals surface area contributed by atoms with Gasteiger partial charge in [0.2, 0.25) is 5.91 Å². The van der Waals surface area contributed by atoms with Crippen LogP contribution in [-0.4, -0.2) is 12.5 Å². The number of nitrogens with one attached hydrogen (secondary N) is 1. The molecule has 1 aliphatic heterocycles. The van der Waals surface area contributed by atoms with Crippen LogP contribution in [-0.2, 0) is 11.2 Å². The molecule has 0 saturated carbocycles. The molecule has 23 heavy (non-hydrogen) atoms. The zero-order chi connectivity index (χ0) is 16.6. The summed E-state index contributed by atoms with van der Waals surface area (Å²) < 4.78 is 58.9. The van der Waals surface area contributed by atoms with Gasteiger partial charge in [0.05, 0.1) is 5.92 Å². The van der Waals surface area contributed by atoms with E-state index in [1.807, 2.05) is 5.32 Å². The van der Waals surface area contributed by atoms with Crippen molar-refractivity contribution in [1.29, 1.82) is 0 Å². The molecule has 1 heterocycles. The zero-order valence-corrected chi connectivity index (χ0v) is 11.7. The maximum atomic E-state index is 13.6. The summed E-state index contributed by atoms with van der Waals surface area (Å²) >= 11 is 0. The molecule has 3 rings (SSSR count). The van der Waals surface area contributed by atoms with Crippen LogP contribution in [0, 0.1) is 29.2 Å². The van der Waals surface area contributed by atoms with E-state index in [4.69, 9.17) is 4.74 Å². The van der Waals surface area contributed by atoms with Crippen LogP contribution in [0.5, 0.6) is 5.75 Å². The Bertz CT molecular complexity index is 753. The van der Waals surface area contributed by atoms with Gasteiger partial charge in [0.25, 0.3) is 0 Å². The van der Waals surface area contributed by atoms with Gasteiger partial charge in [-0.2, -0.15) is 0 Å². The number of benzene rings is 2. The Balaban J connectivity index is 1.81. The molecule has 0 radical (unpaired) electrons. The number of anilines is 1. The van der Waals surface area contributed by atoms with Gasteiger partial charge in [-0.25, -0.2) is 17.6 Å². The van der Waals surface area contributed by atoms with Gasteiger partial charge in [-0.15, -0.1) is 0 Å². The number of carbonyl (C=O) groups is 1. The summed E-state index contributed by atoms with van der Waals surface area (Å²) in [6.07, 6.45) is 0.295. The maximum Gasteiger partial charge on any atom is 0.231 e. The van der Waals surface area contributed by atoms with Crippen molar-refractivity contribution in [1.82, 2.24) is 0 Å². The lowest BCUT2D eigenvalue weighted by atomic mass is 9.96. The summed E-state index contributed by atoms with van der Waals surface area (Å²) in [4.78, 5) is 12.1. The van der Waals surface area contributed by atoms with E-state index >= 15 is 0 Å². The quantitative estimate of drug-likeness (QED) is 0.679. The molecule has 3 nitrogen and oxygen atoms in total. The van der Waals surface area contributed by atoms with Gasteiger partial charge in [-0.05, 0) is 18.1 Å². The standard InChI is InChI=1S/C16H11F4NO2/c17-10-6-11(18)14(20)15(13(10)19)21-16(22)9-5-8-3-1-2-4-12(8)23-7-9/h1-4,6,9H,5,7H2,(H,21,22)/t9-/m0/s1. The number of carbonyl (C=O) groups excluding carboxylic acids is 1. The van der Waals surface area contributed by atoms with Crippen molar-refractivity contribution in [2.24, 2.45) is 5.92 Å². The minimum Gasteiger partial charge on any atom is -0.492 e. The average Bonchev–Trinajstić information content (AvgIpc) is 2.56. The number of ether oxygens (including phenoxy) is 1. The summed E-state index contributed by atoms with van der Waals surface area (Å²) in [6.45, 7) is 0.00385. The molecule has 0 saturated heterocycles. The van der Waals surface area contributed by atoms with Crippen LogP contribution in [0.15, 0.2) is 30.3 Å². The third-order valence-corrected chi connectivity index (χ3v) is 3.61. The highest BCUT2D eigenvalue weighted by atomic mass is 19.2. The van der Waals surface area contributed by atoms with Gasteiger partial charge in [-0.3, -0.25) is 4.79 Å². The summed E-state index contributed by atoms with van der Waals surface area (Å²) in [6, 6.07) is 7.13. The molecule has 1 amide bonds. The van der Waals surface area contributed by atoms with Crippen molar-refractivity contribution in [3.05, 3.63) is 59.2 Å². The highest BCUT2D eigenvalue weighted by Crippen LogP contribution is 2.29. The maximum absolute atomic E-state index is 13.6. The molecule has 0 bridgehead atoms. The third-order valence-electron chi connectivity index (χ3n) is 3.61. The second-order valence-corrected chi connectivity index (χ2v) is 5.15. The van der Waals surface area contributed by atoms with Crippen LogP contribution in [0.1, 0.15) is 5.56 Å². The number of para-hydroxylation sites is 1. The van der Waals surface area contributed by atoms with Crippen LogP contribution in [0.25, 0.3) is 0 Å². The fourth-order valence-corrected chi connectivity index (χ4v) is 2.40. The van der Waals surface area contributed by atoms with E-state index in [-0.39, 0.29) is 12.7 Å². The van der Waals surface area contributed by atoms with E-state index in [1.54, 1.807) is 24.3 Å². The predicted octanol–water partition coefficient (Wildman–Crippen LogP) is 3.43. The van der Waals surface area contributed by atoms with Gasteiger partial charge in [0, 0.05) is 6.07 Å². The highest BCUT2D eigenvalue weighted by Gasteiger charge is 2.28. The molecule has 120 valence electrons. The molecule has 0 aromatic heterocycles. The van der Waals surface area contributed by atoms with Gasteiger partial charge in [-0.1, -0.05) is 18.2 Å². The first-order valence-corrected chi connectivity index (χ1v) is 6.82. The molecular formula is C16H11F4NO2. The molecule has 2 aromatic rings. The monoisotopic (exact) mass is 325 g/mol. The Morgan fingerprint density at radius 2 is 1.74 bits per heavy atom. The predicted molar refractivity (Wildman–Crippen MR) is 74.0 cm³/mol. The summed E-state index contributed by atoms with van der Waals surface area (Å²) in [5.74, 6) is -7.32. The van der Waals surface area contributed by atoms with Gasteiger partial charge in [0.1, 0.15) is 18.0 Å². The summed E-state index contributed by atoms with van der Waals surface area (Å²) in [7, 11) is 0. The normalized spacial score (nSPS) is 16.4. The second kappa shape index (κ2) is 5.91. The number of halogens is 4. The third kappa shape index (κ3) is 2.86. The largest absolute Gasteiger partial charge is 0.492 e. The number of fused-ring (bicyclic) bond motifs is 1. The lowest BCUT2D eigenvalue weighted by Gasteiger charge is -2.24. The first kappa shape index (κ1) is 15.3. The highest BCUT2D eigenvalue weighted by molar-refractivity contribution is 5.93. The van der Waals surface area contributed by atoms with E-state index < -0.39 is 40.8 Å². The lowest BCUT2D eigenvalue weighted by molar-refractivity contribution is -0.121. The zero-order valence-electron chi connectivity index (χ0n) is 11.7. The van der Waals surface area contributed by atoms with Crippen LogP contribution in [0.3, 0.4) is 0 Å². The smallest absolute Gasteiger partial charge is 0.231 e. The number of hydrogen-bond donors (Lipinski definition) is 1. The van der Waals surface area contributed by atoms with Crippen molar-refractivity contribution in [3.8, 4) is 5.75 Å². The first-order chi connectivity index (χ1) is 11.0. The van der Waals surface area contributed by atoms with E-state index in [0.717, 1.165) is 5.56 Å². The van der Waals surface area contributed by atoms with Crippen molar-refractivity contribution in [3.63, 3.8) is 0 Å². The minimum absolute atomic E-state index is 0.00385. The lowest BCUT2D eigenvalue weighted by Crippen LogP contribution is -2.33. The summed E-state index contributed by atoms with van der Waals surface area (Å²) in [5.41, 5.74) is -0.364. The van der Waals surface area contributed by atoms with Crippen LogP contribution < -0.4 is 10.1 Å². The van der Waals surface area contributed by atoms with Crippen molar-refractivity contribution < 1.29 is 27.1 Å². The van der Waals surface area contributed by atoms with Crippen LogP contribution >= 0.6 is 0 Å². The second-order valence-electron chi connectivity index (χ2n) is 5.15. The van der Waals surface area contributed by atoms with E-state index in [1.165, 1.54) is 0 Å². The average molecular weight is 325 g/mol. The fourth-order valence-electron chi connectivity index (χ4n) is 2.40. The Morgan fingerprint density at radius 1 is 1.09 bits per heavy atom. The molecule has 1 aliphatic rings. The van der Waals surface area contributed by atoms with E-state index in [9.17, 15) is 22.4 Å². The Kier molecular flexibility index (Phi) is 3.94. The van der Waals surface area contributed by atoms with Gasteiger partial charge in [0.15, 0.2) is 23.3 Å². The number of rotatable bonds is 2. The molecule has 1 atom stereocenters. The van der Waals surface area contributed by atoms with Crippen LogP contribution in [0.2, 0.25) is 0 Å².